The SMILES string of the molecule is CCOC(=O)c1ccc(NS(=O)(=O)c2c(C)n[nH]c2C)c(O)c1. The van der Waals surface area contributed by atoms with Crippen LogP contribution in [-0.4, -0.2) is 36.3 Å². The molecule has 0 saturated heterocycles. The molecule has 0 aliphatic rings. The highest BCUT2D eigenvalue weighted by Crippen LogP contribution is 2.28. The summed E-state index contributed by atoms with van der Waals surface area (Å²) in [6.45, 7) is 5.00. The Bertz CT molecular complexity index is 823. The summed E-state index contributed by atoms with van der Waals surface area (Å²) in [6.07, 6.45) is 0. The number of aromatic hydroxyl groups is 1. The first-order chi connectivity index (χ1) is 10.8. The van der Waals surface area contributed by atoms with Crippen molar-refractivity contribution < 1.29 is 23.1 Å². The van der Waals surface area contributed by atoms with Gasteiger partial charge in [0.1, 0.15) is 10.6 Å². The van der Waals surface area contributed by atoms with Crippen LogP contribution in [0.15, 0.2) is 23.1 Å². The number of sulfonamides is 1. The second-order valence-electron chi connectivity index (χ2n) is 4.82. The van der Waals surface area contributed by atoms with E-state index in [0.29, 0.717) is 11.4 Å². The van der Waals surface area contributed by atoms with Crippen molar-refractivity contribution in [2.75, 3.05) is 11.3 Å². The summed E-state index contributed by atoms with van der Waals surface area (Å²) >= 11 is 0. The van der Waals surface area contributed by atoms with Gasteiger partial charge in [0.05, 0.1) is 29.2 Å². The van der Waals surface area contributed by atoms with Crippen LogP contribution in [0.25, 0.3) is 0 Å². The summed E-state index contributed by atoms with van der Waals surface area (Å²) in [5.41, 5.74) is 0.788. The summed E-state index contributed by atoms with van der Waals surface area (Å²) in [6, 6.07) is 3.81. The molecule has 0 amide bonds. The molecule has 0 atom stereocenters. The van der Waals surface area contributed by atoms with Crippen LogP contribution < -0.4 is 4.72 Å². The molecule has 0 saturated carbocycles. The maximum absolute atomic E-state index is 12.4. The number of H-pyrrole nitrogens is 1. The maximum Gasteiger partial charge on any atom is 0.338 e. The number of nitrogens with one attached hydrogen (secondary N) is 2. The quantitative estimate of drug-likeness (QED) is 0.563. The summed E-state index contributed by atoms with van der Waals surface area (Å²) in [5, 5.41) is 16.4. The normalized spacial score (nSPS) is 11.3. The topological polar surface area (TPSA) is 121 Å². The van der Waals surface area contributed by atoms with Gasteiger partial charge < -0.3 is 9.84 Å². The fraction of sp³-hybridized carbons (Fsp3) is 0.286. The van der Waals surface area contributed by atoms with E-state index in [1.165, 1.54) is 12.1 Å². The summed E-state index contributed by atoms with van der Waals surface area (Å²) in [7, 11) is -3.92. The number of esters is 1. The van der Waals surface area contributed by atoms with E-state index in [0.717, 1.165) is 6.07 Å². The predicted molar refractivity (Wildman–Crippen MR) is 82.9 cm³/mol. The zero-order chi connectivity index (χ0) is 17.2. The lowest BCUT2D eigenvalue weighted by molar-refractivity contribution is 0.0526. The largest absolute Gasteiger partial charge is 0.506 e. The van der Waals surface area contributed by atoms with Gasteiger partial charge in [-0.1, -0.05) is 0 Å². The number of hydrogen-bond acceptors (Lipinski definition) is 6. The van der Waals surface area contributed by atoms with E-state index in [-0.39, 0.29) is 28.5 Å². The average Bonchev–Trinajstić information content (AvgIpc) is 2.81. The molecule has 8 nitrogen and oxygen atoms in total. The Balaban J connectivity index is 2.32. The summed E-state index contributed by atoms with van der Waals surface area (Å²) < 4.78 is 31.9. The van der Waals surface area contributed by atoms with Crippen molar-refractivity contribution in [3.63, 3.8) is 0 Å². The number of nitrogens with zero attached hydrogens (tertiary/aromatic N) is 1. The first-order valence-electron chi connectivity index (χ1n) is 6.80. The lowest BCUT2D eigenvalue weighted by Gasteiger charge is -2.11. The first kappa shape index (κ1) is 16.8. The monoisotopic (exact) mass is 339 g/mol. The van der Waals surface area contributed by atoms with Crippen LogP contribution >= 0.6 is 0 Å². The molecule has 124 valence electrons. The number of rotatable bonds is 5. The van der Waals surface area contributed by atoms with E-state index in [1.807, 2.05) is 0 Å². The molecule has 3 N–H and O–H groups in total. The van der Waals surface area contributed by atoms with Gasteiger partial charge in [0, 0.05) is 0 Å². The molecule has 0 bridgehead atoms. The third-order valence-electron chi connectivity index (χ3n) is 3.08. The molecule has 0 unspecified atom stereocenters. The van der Waals surface area contributed by atoms with Crippen LogP contribution in [0.5, 0.6) is 5.75 Å². The van der Waals surface area contributed by atoms with Gasteiger partial charge in [-0.3, -0.25) is 9.82 Å². The van der Waals surface area contributed by atoms with Gasteiger partial charge in [-0.2, -0.15) is 5.10 Å². The fourth-order valence-electron chi connectivity index (χ4n) is 2.09. The Morgan fingerprint density at radius 2 is 2.09 bits per heavy atom. The number of phenols is 1. The van der Waals surface area contributed by atoms with Crippen LogP contribution in [0.2, 0.25) is 0 Å². The molecule has 9 heteroatoms. The lowest BCUT2D eigenvalue weighted by atomic mass is 10.2. The van der Waals surface area contributed by atoms with Crippen molar-refractivity contribution in [3.05, 3.63) is 35.2 Å². The van der Waals surface area contributed by atoms with Crippen LogP contribution in [0.4, 0.5) is 5.69 Å². The average molecular weight is 339 g/mol. The minimum absolute atomic E-state index is 0.0198. The number of carbonyl (C=O) groups is 1. The number of hydrogen-bond donors (Lipinski definition) is 3. The number of aromatic nitrogens is 2. The maximum atomic E-state index is 12.4. The Kier molecular flexibility index (Phi) is 4.60. The molecule has 1 heterocycles. The Hall–Kier alpha value is -2.55. The van der Waals surface area contributed by atoms with Gasteiger partial charge in [0.2, 0.25) is 0 Å². The van der Waals surface area contributed by atoms with E-state index in [9.17, 15) is 18.3 Å². The molecular formula is C14H17N3O5S. The van der Waals surface area contributed by atoms with E-state index in [4.69, 9.17) is 4.74 Å². The van der Waals surface area contributed by atoms with Crippen molar-refractivity contribution in [3.8, 4) is 5.75 Å². The Labute approximate surface area is 133 Å². The number of ether oxygens (including phenoxy) is 1. The number of benzene rings is 1. The number of anilines is 1. The van der Waals surface area contributed by atoms with Crippen molar-refractivity contribution >= 4 is 21.7 Å². The zero-order valence-corrected chi connectivity index (χ0v) is 13.7. The van der Waals surface area contributed by atoms with E-state index in [1.54, 1.807) is 20.8 Å². The van der Waals surface area contributed by atoms with Gasteiger partial charge >= 0.3 is 5.97 Å². The van der Waals surface area contributed by atoms with E-state index < -0.39 is 16.0 Å². The van der Waals surface area contributed by atoms with E-state index in [2.05, 4.69) is 14.9 Å². The van der Waals surface area contributed by atoms with Crippen molar-refractivity contribution in [1.82, 2.24) is 10.2 Å². The highest BCUT2D eigenvalue weighted by Gasteiger charge is 2.23. The molecule has 2 aromatic rings. The first-order valence-corrected chi connectivity index (χ1v) is 8.29. The molecule has 0 fully saturated rings. The van der Waals surface area contributed by atoms with E-state index >= 15 is 0 Å². The van der Waals surface area contributed by atoms with Gasteiger partial charge in [-0.05, 0) is 39.0 Å². The van der Waals surface area contributed by atoms with Gasteiger partial charge in [-0.25, -0.2) is 13.2 Å². The lowest BCUT2D eigenvalue weighted by Crippen LogP contribution is -2.15. The molecule has 1 aromatic heterocycles. The third kappa shape index (κ3) is 3.45. The molecule has 0 radical (unpaired) electrons. The van der Waals surface area contributed by atoms with Crippen LogP contribution in [0.3, 0.4) is 0 Å². The Morgan fingerprint density at radius 3 is 2.61 bits per heavy atom. The fourth-order valence-corrected chi connectivity index (χ4v) is 3.54. The minimum atomic E-state index is -3.92. The second-order valence-corrected chi connectivity index (χ2v) is 6.44. The molecular weight excluding hydrogens is 322 g/mol. The number of aromatic amines is 1. The third-order valence-corrected chi connectivity index (χ3v) is 4.71. The van der Waals surface area contributed by atoms with Gasteiger partial charge in [0.15, 0.2) is 0 Å². The number of carbonyl (C=O) groups excluding carboxylic acids is 1. The summed E-state index contributed by atoms with van der Waals surface area (Å²) in [4.78, 5) is 11.6. The van der Waals surface area contributed by atoms with Crippen LogP contribution in [0.1, 0.15) is 28.7 Å². The smallest absolute Gasteiger partial charge is 0.338 e. The molecule has 2 rings (SSSR count). The highest BCUT2D eigenvalue weighted by molar-refractivity contribution is 7.92. The molecule has 0 aliphatic carbocycles. The zero-order valence-electron chi connectivity index (χ0n) is 12.9. The molecule has 0 spiro atoms. The predicted octanol–water partition coefficient (Wildman–Crippen LogP) is 1.71. The molecule has 1 aromatic carbocycles. The summed E-state index contributed by atoms with van der Waals surface area (Å²) in [5.74, 6) is -0.975. The number of aryl methyl sites for hydroxylation is 2. The molecule has 23 heavy (non-hydrogen) atoms. The van der Waals surface area contributed by atoms with Crippen LogP contribution in [0, 0.1) is 13.8 Å². The van der Waals surface area contributed by atoms with Crippen LogP contribution in [-0.2, 0) is 14.8 Å². The van der Waals surface area contributed by atoms with Crippen molar-refractivity contribution in [2.45, 2.75) is 25.7 Å². The standard InChI is InChI=1S/C14H17N3O5S/c1-4-22-14(19)10-5-6-11(12(18)7-10)17-23(20,21)13-8(2)15-16-9(13)3/h5-7,17-18H,4H2,1-3H3,(H,15,16). The minimum Gasteiger partial charge on any atom is -0.506 e. The van der Waals surface area contributed by atoms with Gasteiger partial charge in [-0.15, -0.1) is 0 Å². The highest BCUT2D eigenvalue weighted by atomic mass is 32.2. The van der Waals surface area contributed by atoms with Crippen molar-refractivity contribution in [1.29, 1.82) is 0 Å². The number of phenolic OH excluding ortho intramolecular Hbond substituents is 1. The molecule has 0 aliphatic heterocycles. The van der Waals surface area contributed by atoms with Gasteiger partial charge in [0.25, 0.3) is 10.0 Å². The second kappa shape index (κ2) is 6.29. The van der Waals surface area contributed by atoms with Crippen molar-refractivity contribution in [2.24, 2.45) is 0 Å². The Morgan fingerprint density at radius 1 is 1.39 bits per heavy atom.